The van der Waals surface area contributed by atoms with Crippen LogP contribution in [0.3, 0.4) is 0 Å². The van der Waals surface area contributed by atoms with Crippen molar-refractivity contribution < 1.29 is 14.3 Å². The third-order valence-electron chi connectivity index (χ3n) is 4.97. The summed E-state index contributed by atoms with van der Waals surface area (Å²) < 4.78 is 5.54. The maximum Gasteiger partial charge on any atom is 0.134 e. The molecule has 0 heterocycles. The Labute approximate surface area is 142 Å². The zero-order chi connectivity index (χ0) is 17.3. The van der Waals surface area contributed by atoms with Crippen LogP contribution in [0.15, 0.2) is 48.5 Å². The molecule has 3 nitrogen and oxygen atoms in total. The highest BCUT2D eigenvalue weighted by Crippen LogP contribution is 2.53. The number of hydrogen-bond acceptors (Lipinski definition) is 3. The number of ketones is 2. The largest absolute Gasteiger partial charge is 0.496 e. The van der Waals surface area contributed by atoms with E-state index in [0.29, 0.717) is 6.42 Å². The van der Waals surface area contributed by atoms with Crippen LogP contribution in [0.5, 0.6) is 5.75 Å². The number of methoxy groups -OCH3 is 1. The van der Waals surface area contributed by atoms with Gasteiger partial charge in [0, 0.05) is 29.7 Å². The lowest BCUT2D eigenvalue weighted by Gasteiger charge is -2.24. The van der Waals surface area contributed by atoms with Gasteiger partial charge in [-0.15, -0.1) is 0 Å². The summed E-state index contributed by atoms with van der Waals surface area (Å²) in [7, 11) is 1.65. The Hall–Kier alpha value is -2.42. The van der Waals surface area contributed by atoms with Crippen LogP contribution < -0.4 is 4.74 Å². The molecule has 2 aromatic rings. The molecule has 0 fully saturated rings. The van der Waals surface area contributed by atoms with E-state index in [9.17, 15) is 9.59 Å². The molecule has 1 aliphatic rings. The van der Waals surface area contributed by atoms with Gasteiger partial charge in [0.15, 0.2) is 0 Å². The van der Waals surface area contributed by atoms with Gasteiger partial charge in [0.1, 0.15) is 17.3 Å². The molecule has 0 amide bonds. The van der Waals surface area contributed by atoms with Crippen molar-refractivity contribution in [2.75, 3.05) is 7.11 Å². The van der Waals surface area contributed by atoms with Crippen LogP contribution in [0, 0.1) is 5.92 Å². The van der Waals surface area contributed by atoms with Crippen LogP contribution in [-0.4, -0.2) is 18.7 Å². The van der Waals surface area contributed by atoms with E-state index in [4.69, 9.17) is 4.74 Å². The van der Waals surface area contributed by atoms with E-state index >= 15 is 0 Å². The SMILES string of the molecule is COc1ccccc1[C@@H]1c2ccccc2[C@H](CC(C)=O)[C@H]1C(C)=O. The summed E-state index contributed by atoms with van der Waals surface area (Å²) in [4.78, 5) is 24.3. The highest BCUT2D eigenvalue weighted by molar-refractivity contribution is 5.85. The highest BCUT2D eigenvalue weighted by atomic mass is 16.5. The van der Waals surface area contributed by atoms with Crippen LogP contribution in [0.2, 0.25) is 0 Å². The summed E-state index contributed by atoms with van der Waals surface area (Å²) in [6.45, 7) is 3.22. The van der Waals surface area contributed by atoms with Crippen LogP contribution in [0.4, 0.5) is 0 Å². The molecule has 0 bridgehead atoms. The molecule has 3 heteroatoms. The normalized spacial score (nSPS) is 22.0. The van der Waals surface area contributed by atoms with E-state index in [1.165, 1.54) is 0 Å². The molecular formula is C21H22O3. The van der Waals surface area contributed by atoms with E-state index in [-0.39, 0.29) is 29.3 Å². The number of Topliss-reactive ketones (excluding diaryl/α,β-unsaturated/α-hetero) is 2. The second-order valence-corrected chi connectivity index (χ2v) is 6.50. The van der Waals surface area contributed by atoms with Crippen molar-refractivity contribution in [1.82, 2.24) is 0 Å². The molecule has 0 unspecified atom stereocenters. The number of hydrogen-bond donors (Lipinski definition) is 0. The van der Waals surface area contributed by atoms with Crippen LogP contribution in [0.25, 0.3) is 0 Å². The third-order valence-corrected chi connectivity index (χ3v) is 4.97. The van der Waals surface area contributed by atoms with Gasteiger partial charge in [-0.25, -0.2) is 0 Å². The fourth-order valence-electron chi connectivity index (χ4n) is 4.10. The topological polar surface area (TPSA) is 43.4 Å². The Bertz CT molecular complexity index is 778. The number of para-hydroxylation sites is 1. The van der Waals surface area contributed by atoms with E-state index in [2.05, 4.69) is 6.07 Å². The predicted molar refractivity (Wildman–Crippen MR) is 93.5 cm³/mol. The van der Waals surface area contributed by atoms with Gasteiger partial charge >= 0.3 is 0 Å². The summed E-state index contributed by atoms with van der Waals surface area (Å²) in [6, 6.07) is 15.9. The summed E-state index contributed by atoms with van der Waals surface area (Å²) in [5.41, 5.74) is 3.26. The molecule has 0 aliphatic heterocycles. The van der Waals surface area contributed by atoms with Crippen LogP contribution >= 0.6 is 0 Å². The van der Waals surface area contributed by atoms with Gasteiger partial charge < -0.3 is 9.53 Å². The summed E-state index contributed by atoms with van der Waals surface area (Å²) in [5.74, 6) is 0.648. The van der Waals surface area contributed by atoms with E-state index in [1.807, 2.05) is 42.5 Å². The number of ether oxygens (including phenoxy) is 1. The van der Waals surface area contributed by atoms with Crippen molar-refractivity contribution in [2.45, 2.75) is 32.1 Å². The van der Waals surface area contributed by atoms with E-state index in [1.54, 1.807) is 21.0 Å². The van der Waals surface area contributed by atoms with Crippen LogP contribution in [-0.2, 0) is 9.59 Å². The lowest BCUT2D eigenvalue weighted by Crippen LogP contribution is -2.23. The minimum atomic E-state index is -0.234. The molecule has 3 atom stereocenters. The molecule has 124 valence electrons. The molecule has 0 radical (unpaired) electrons. The first kappa shape index (κ1) is 16.4. The molecule has 3 rings (SSSR count). The van der Waals surface area contributed by atoms with E-state index in [0.717, 1.165) is 22.4 Å². The third kappa shape index (κ3) is 2.75. The molecular weight excluding hydrogens is 300 g/mol. The first-order chi connectivity index (χ1) is 11.5. The van der Waals surface area contributed by atoms with Crippen molar-refractivity contribution >= 4 is 11.6 Å². The first-order valence-electron chi connectivity index (χ1n) is 8.26. The van der Waals surface area contributed by atoms with E-state index < -0.39 is 0 Å². The van der Waals surface area contributed by atoms with Gasteiger partial charge in [0.05, 0.1) is 7.11 Å². The molecule has 0 aromatic heterocycles. The quantitative estimate of drug-likeness (QED) is 0.832. The van der Waals surface area contributed by atoms with Crippen molar-refractivity contribution in [1.29, 1.82) is 0 Å². The lowest BCUT2D eigenvalue weighted by molar-refractivity contribution is -0.122. The molecule has 0 saturated carbocycles. The fraction of sp³-hybridized carbons (Fsp3) is 0.333. The molecule has 0 spiro atoms. The predicted octanol–water partition coefficient (Wildman–Crippen LogP) is 4.11. The summed E-state index contributed by atoms with van der Waals surface area (Å²) >= 11 is 0. The number of carbonyl (C=O) groups is 2. The highest BCUT2D eigenvalue weighted by Gasteiger charge is 2.44. The van der Waals surface area contributed by atoms with Gasteiger partial charge in [0.25, 0.3) is 0 Å². The Morgan fingerprint density at radius 3 is 2.08 bits per heavy atom. The van der Waals surface area contributed by atoms with Gasteiger partial charge in [-0.2, -0.15) is 0 Å². The fourth-order valence-corrected chi connectivity index (χ4v) is 4.10. The minimum Gasteiger partial charge on any atom is -0.496 e. The first-order valence-corrected chi connectivity index (χ1v) is 8.26. The van der Waals surface area contributed by atoms with Crippen molar-refractivity contribution in [2.24, 2.45) is 5.92 Å². The monoisotopic (exact) mass is 322 g/mol. The Morgan fingerprint density at radius 2 is 1.50 bits per heavy atom. The minimum absolute atomic E-state index is 0.0638. The van der Waals surface area contributed by atoms with Gasteiger partial charge in [0.2, 0.25) is 0 Å². The molecule has 0 saturated heterocycles. The maximum atomic E-state index is 12.5. The van der Waals surface area contributed by atoms with Crippen molar-refractivity contribution in [3.05, 3.63) is 65.2 Å². The van der Waals surface area contributed by atoms with Crippen molar-refractivity contribution in [3.8, 4) is 5.75 Å². The molecule has 2 aromatic carbocycles. The van der Waals surface area contributed by atoms with Crippen molar-refractivity contribution in [3.63, 3.8) is 0 Å². The maximum absolute atomic E-state index is 12.5. The zero-order valence-corrected chi connectivity index (χ0v) is 14.3. The zero-order valence-electron chi connectivity index (χ0n) is 14.3. The Balaban J connectivity index is 2.19. The standard InChI is InChI=1S/C21H22O3/c1-13(22)12-18-15-8-4-5-9-16(15)21(20(18)14(2)23)17-10-6-7-11-19(17)24-3/h4-11,18,20-21H,12H2,1-3H3/t18-,20+,21-/m0/s1. The van der Waals surface area contributed by atoms with Gasteiger partial charge in [-0.05, 0) is 31.0 Å². The second kappa shape index (κ2) is 6.60. The molecule has 1 aliphatic carbocycles. The average Bonchev–Trinajstić information content (AvgIpc) is 2.89. The average molecular weight is 322 g/mol. The lowest BCUT2D eigenvalue weighted by atomic mass is 9.78. The Morgan fingerprint density at radius 1 is 0.917 bits per heavy atom. The summed E-state index contributed by atoms with van der Waals surface area (Å²) in [6.07, 6.45) is 0.396. The van der Waals surface area contributed by atoms with Crippen LogP contribution in [0.1, 0.15) is 48.8 Å². The molecule has 0 N–H and O–H groups in total. The second-order valence-electron chi connectivity index (χ2n) is 6.50. The van der Waals surface area contributed by atoms with Gasteiger partial charge in [-0.3, -0.25) is 4.79 Å². The molecule has 24 heavy (non-hydrogen) atoms. The number of fused-ring (bicyclic) bond motifs is 1. The number of carbonyl (C=O) groups excluding carboxylic acids is 2. The number of rotatable bonds is 5. The summed E-state index contributed by atoms with van der Waals surface area (Å²) in [5, 5.41) is 0. The Kier molecular flexibility index (Phi) is 4.52. The van der Waals surface area contributed by atoms with Gasteiger partial charge in [-0.1, -0.05) is 42.5 Å². The number of benzene rings is 2. The smallest absolute Gasteiger partial charge is 0.134 e.